The predicted molar refractivity (Wildman–Crippen MR) is 267 cm³/mol. The molecule has 18 nitrogen and oxygen atoms in total. The fourth-order valence-electron chi connectivity index (χ4n) is 8.96. The van der Waals surface area contributed by atoms with Gasteiger partial charge >= 0.3 is 12.2 Å². The predicted octanol–water partition coefficient (Wildman–Crippen LogP) is 8.52. The number of rotatable bonds is 6. The molecule has 2 fully saturated rings. The van der Waals surface area contributed by atoms with Gasteiger partial charge in [-0.3, -0.25) is 10.6 Å². The first-order chi connectivity index (χ1) is 32.3. The molecule has 2 aliphatic heterocycles. The SMILES string of the molecule is Cc1c(-c2cc3cc(NC(=O)O[C@@H]4C[C@@](C)(O)[C@H]4C)ncc3c(N)c2F)cnc2c1NCCO2.Cc1c(-c2cc3cc(NC(=O)O[C@H]4C[C@](C)(O)[C@@H]4C)ncc3c(N)c2F)cnc2c1NCCO2.Cl.Cl. The fraction of sp³-hybridized carbons (Fsp3) is 0.375. The van der Waals surface area contributed by atoms with Gasteiger partial charge in [-0.1, -0.05) is 13.8 Å². The lowest BCUT2D eigenvalue weighted by Crippen LogP contribution is -2.55. The van der Waals surface area contributed by atoms with E-state index >= 15 is 8.78 Å². The number of pyridine rings is 4. The number of carbonyl (C=O) groups is 2. The Bertz CT molecular complexity index is 2840. The number of aromatic nitrogens is 4. The van der Waals surface area contributed by atoms with Crippen molar-refractivity contribution in [3.8, 4) is 34.0 Å². The maximum Gasteiger partial charge on any atom is 0.413 e. The zero-order chi connectivity index (χ0) is 48.4. The van der Waals surface area contributed by atoms with Crippen molar-refractivity contribution < 1.29 is 47.5 Å². The van der Waals surface area contributed by atoms with Gasteiger partial charge in [0, 0.05) is 95.6 Å². The molecule has 4 aromatic heterocycles. The molecule has 10 N–H and O–H groups in total. The number of nitrogens with one attached hydrogen (secondary N) is 4. The summed E-state index contributed by atoms with van der Waals surface area (Å²) < 4.78 is 52.5. The molecule has 6 aromatic rings. The van der Waals surface area contributed by atoms with Crippen molar-refractivity contribution in [1.29, 1.82) is 0 Å². The number of nitrogen functional groups attached to an aromatic ring is 2. The van der Waals surface area contributed by atoms with Crippen LogP contribution in [0.3, 0.4) is 0 Å². The third kappa shape index (κ3) is 9.47. The van der Waals surface area contributed by atoms with E-state index in [1.54, 1.807) is 50.5 Å². The van der Waals surface area contributed by atoms with Gasteiger partial charge in [-0.15, -0.1) is 24.8 Å². The Morgan fingerprint density at radius 3 is 1.41 bits per heavy atom. The summed E-state index contributed by atoms with van der Waals surface area (Å²) in [5, 5.41) is 33.8. The zero-order valence-electron chi connectivity index (χ0n) is 39.0. The van der Waals surface area contributed by atoms with E-state index in [-0.39, 0.29) is 83.0 Å². The van der Waals surface area contributed by atoms with Crippen LogP contribution < -0.4 is 42.2 Å². The molecule has 2 aliphatic carbocycles. The number of amides is 2. The molecule has 2 aromatic carbocycles. The number of aliphatic hydroxyl groups is 2. The van der Waals surface area contributed by atoms with Gasteiger partial charge in [-0.2, -0.15) is 0 Å². The van der Waals surface area contributed by atoms with E-state index in [0.717, 1.165) is 22.5 Å². The van der Waals surface area contributed by atoms with E-state index < -0.39 is 35.0 Å². The quantitative estimate of drug-likeness (QED) is 0.0727. The summed E-state index contributed by atoms with van der Waals surface area (Å²) >= 11 is 0. The smallest absolute Gasteiger partial charge is 0.413 e. The van der Waals surface area contributed by atoms with Crippen LogP contribution in [0.4, 0.5) is 52.8 Å². The van der Waals surface area contributed by atoms with Gasteiger partial charge in [-0.05, 0) is 73.9 Å². The van der Waals surface area contributed by atoms with Gasteiger partial charge in [0.05, 0.1) is 22.6 Å². The Morgan fingerprint density at radius 2 is 1.06 bits per heavy atom. The molecular formula is C48H54Cl2F2N10O8. The van der Waals surface area contributed by atoms with Crippen molar-refractivity contribution in [2.24, 2.45) is 11.8 Å². The average Bonchev–Trinajstić information content (AvgIpc) is 3.31. The van der Waals surface area contributed by atoms with Crippen molar-refractivity contribution in [2.75, 3.05) is 59.0 Å². The Labute approximate surface area is 413 Å². The molecule has 372 valence electrons. The number of fused-ring (bicyclic) bond motifs is 4. The molecule has 0 radical (unpaired) electrons. The Hall–Kier alpha value is -6.74. The van der Waals surface area contributed by atoms with Crippen molar-refractivity contribution in [3.05, 3.63) is 71.8 Å². The number of nitrogens with two attached hydrogens (primary N) is 2. The third-order valence-corrected chi connectivity index (χ3v) is 13.8. The Kier molecular flexibility index (Phi) is 14.3. The number of halogens is 4. The first kappa shape index (κ1) is 51.1. The van der Waals surface area contributed by atoms with Gasteiger partial charge in [0.1, 0.15) is 48.4 Å². The molecule has 70 heavy (non-hydrogen) atoms. The van der Waals surface area contributed by atoms with Gasteiger partial charge in [0.2, 0.25) is 11.8 Å². The molecule has 6 atom stereocenters. The number of anilines is 6. The number of hydrogen-bond donors (Lipinski definition) is 8. The summed E-state index contributed by atoms with van der Waals surface area (Å²) in [6.45, 7) is 13.1. The largest absolute Gasteiger partial charge is 0.474 e. The van der Waals surface area contributed by atoms with Crippen molar-refractivity contribution >= 4 is 92.9 Å². The maximum absolute atomic E-state index is 15.3. The monoisotopic (exact) mass is 1010 g/mol. The summed E-state index contributed by atoms with van der Waals surface area (Å²) in [4.78, 5) is 41.7. The summed E-state index contributed by atoms with van der Waals surface area (Å²) in [6.07, 6.45) is 4.63. The highest BCUT2D eigenvalue weighted by Crippen LogP contribution is 2.44. The van der Waals surface area contributed by atoms with Gasteiger partial charge < -0.3 is 51.3 Å². The minimum absolute atomic E-state index is 0. The van der Waals surface area contributed by atoms with Crippen LogP contribution in [0, 0.1) is 37.3 Å². The molecule has 0 unspecified atom stereocenters. The average molecular weight is 1010 g/mol. The van der Waals surface area contributed by atoms with E-state index in [0.29, 0.717) is 83.6 Å². The van der Waals surface area contributed by atoms with E-state index in [9.17, 15) is 19.8 Å². The second-order valence-corrected chi connectivity index (χ2v) is 18.2. The molecular weight excluding hydrogens is 953 g/mol. The minimum Gasteiger partial charge on any atom is -0.474 e. The minimum atomic E-state index is -0.838. The second-order valence-electron chi connectivity index (χ2n) is 18.2. The zero-order valence-corrected chi connectivity index (χ0v) is 40.7. The molecule has 0 bridgehead atoms. The highest BCUT2D eigenvalue weighted by molar-refractivity contribution is 6.01. The molecule has 6 heterocycles. The van der Waals surface area contributed by atoms with Crippen LogP contribution in [0.2, 0.25) is 0 Å². The van der Waals surface area contributed by atoms with E-state index in [1.807, 2.05) is 27.7 Å². The molecule has 0 saturated heterocycles. The van der Waals surface area contributed by atoms with Crippen LogP contribution in [0.25, 0.3) is 43.8 Å². The van der Waals surface area contributed by atoms with Crippen molar-refractivity contribution in [2.45, 2.75) is 77.8 Å². The fourth-order valence-corrected chi connectivity index (χ4v) is 8.96. The standard InChI is InChI=1S/2C24H26FN5O4.2ClH/c2*1-11-15(9-29-22-21(11)27-4-5-33-22)14-6-13-7-18(28-10-16(13)20(26)19(14)25)30-23(31)34-17-8-24(3,32)12(17)2;;/h2*6-7,9-10,12,17,27,32H,4-5,8,26H2,1-3H3,(H,28,30,31);2*1H/t2*12-,17+,24+;;/m10../s1. The van der Waals surface area contributed by atoms with E-state index in [4.69, 9.17) is 30.4 Å². The topological polar surface area (TPSA) is 263 Å². The van der Waals surface area contributed by atoms with Crippen molar-refractivity contribution in [1.82, 2.24) is 19.9 Å². The summed E-state index contributed by atoms with van der Waals surface area (Å²) in [7, 11) is 0. The van der Waals surface area contributed by atoms with Gasteiger partial charge in [0.15, 0.2) is 11.6 Å². The first-order valence-corrected chi connectivity index (χ1v) is 22.2. The molecule has 22 heteroatoms. The lowest BCUT2D eigenvalue weighted by molar-refractivity contribution is -0.154. The molecule has 10 rings (SSSR count). The normalized spacial score (nSPS) is 22.7. The highest BCUT2D eigenvalue weighted by atomic mass is 35.5. The van der Waals surface area contributed by atoms with Crippen molar-refractivity contribution in [3.63, 3.8) is 0 Å². The number of carbonyl (C=O) groups excluding carboxylic acids is 2. The van der Waals surface area contributed by atoms with Crippen LogP contribution in [0.5, 0.6) is 11.8 Å². The van der Waals surface area contributed by atoms with Crippen LogP contribution in [0.1, 0.15) is 51.7 Å². The van der Waals surface area contributed by atoms with Crippen LogP contribution in [0.15, 0.2) is 49.1 Å². The third-order valence-electron chi connectivity index (χ3n) is 13.8. The first-order valence-electron chi connectivity index (χ1n) is 22.2. The Balaban J connectivity index is 0.000000201. The van der Waals surface area contributed by atoms with Gasteiger partial charge in [0.25, 0.3) is 0 Å². The molecule has 4 aliphatic rings. The van der Waals surface area contributed by atoms with Crippen LogP contribution in [-0.2, 0) is 9.47 Å². The van der Waals surface area contributed by atoms with Crippen LogP contribution in [-0.4, -0.2) is 92.0 Å². The van der Waals surface area contributed by atoms with E-state index in [2.05, 4.69) is 41.2 Å². The summed E-state index contributed by atoms with van der Waals surface area (Å²) in [5.74, 6) is -0.0181. The lowest BCUT2D eigenvalue weighted by atomic mass is 9.69. The van der Waals surface area contributed by atoms with E-state index in [1.165, 1.54) is 12.4 Å². The summed E-state index contributed by atoms with van der Waals surface area (Å²) in [6, 6.07) is 6.53. The number of nitrogens with zero attached hydrogens (tertiary/aromatic N) is 4. The molecule has 0 spiro atoms. The summed E-state index contributed by atoms with van der Waals surface area (Å²) in [5.41, 5.74) is 15.3. The number of hydrogen-bond acceptors (Lipinski definition) is 16. The highest BCUT2D eigenvalue weighted by Gasteiger charge is 2.50. The maximum atomic E-state index is 15.3. The number of benzene rings is 2. The lowest BCUT2D eigenvalue weighted by Gasteiger charge is -2.46. The molecule has 2 amide bonds. The second kappa shape index (κ2) is 19.6. The van der Waals surface area contributed by atoms with Gasteiger partial charge in [-0.25, -0.2) is 38.3 Å². The number of ether oxygens (including phenoxy) is 4. The van der Waals surface area contributed by atoms with Crippen LogP contribution >= 0.6 is 24.8 Å². The Morgan fingerprint density at radius 1 is 0.671 bits per heavy atom. The molecule has 2 saturated carbocycles.